The van der Waals surface area contributed by atoms with Crippen molar-refractivity contribution in [2.24, 2.45) is 0 Å². The Labute approximate surface area is 187 Å². The number of fused-ring (bicyclic) bond motifs is 1. The largest absolute Gasteiger partial charge is 0.508 e. The molecule has 0 radical (unpaired) electrons. The minimum atomic E-state index is -0.203. The van der Waals surface area contributed by atoms with E-state index in [0.717, 1.165) is 15.6 Å². The first kappa shape index (κ1) is 21.1. The molecule has 0 atom stereocenters. The second-order valence-corrected chi connectivity index (χ2v) is 7.76. The summed E-state index contributed by atoms with van der Waals surface area (Å²) in [5.41, 5.74) is 1.27. The Kier molecular flexibility index (Phi) is 6.19. The monoisotopic (exact) mass is 446 g/mol. The van der Waals surface area contributed by atoms with Crippen molar-refractivity contribution in [2.45, 2.75) is 0 Å². The number of hydrogen-bond donors (Lipinski definition) is 1. The van der Waals surface area contributed by atoms with Gasteiger partial charge in [-0.3, -0.25) is 9.59 Å². The third kappa shape index (κ3) is 4.48. The van der Waals surface area contributed by atoms with Crippen LogP contribution in [0.4, 0.5) is 0 Å². The lowest BCUT2D eigenvalue weighted by molar-refractivity contribution is -0.123. The Hall–Kier alpha value is -4.10. The number of phenols is 1. The van der Waals surface area contributed by atoms with Crippen LogP contribution >= 0.6 is 11.3 Å². The highest BCUT2D eigenvalue weighted by Crippen LogP contribution is 2.42. The van der Waals surface area contributed by atoms with Crippen molar-refractivity contribution in [1.82, 2.24) is 0 Å². The summed E-state index contributed by atoms with van der Waals surface area (Å²) >= 11 is 1.32. The van der Waals surface area contributed by atoms with Crippen LogP contribution in [0.3, 0.4) is 0 Å². The third-order valence-corrected chi connectivity index (χ3v) is 5.81. The predicted octanol–water partition coefficient (Wildman–Crippen LogP) is 5.78. The fourth-order valence-electron chi connectivity index (χ4n) is 3.09. The molecule has 0 bridgehead atoms. The summed E-state index contributed by atoms with van der Waals surface area (Å²) in [5.74, 6) is 1.58. The summed E-state index contributed by atoms with van der Waals surface area (Å²) in [6.07, 6.45) is 2.93. The second-order valence-electron chi connectivity index (χ2n) is 6.70. The number of ether oxygens (including phenoxy) is 3. The normalized spacial score (nSPS) is 10.9. The molecule has 4 rings (SSSR count). The van der Waals surface area contributed by atoms with Gasteiger partial charge in [0.25, 0.3) is 6.47 Å². The fraction of sp³-hybridized carbons (Fsp3) is 0.0400. The lowest BCUT2D eigenvalue weighted by Gasteiger charge is -2.08. The molecule has 0 aliphatic heterocycles. The molecule has 4 aromatic rings. The maximum absolute atomic E-state index is 13.3. The van der Waals surface area contributed by atoms with Crippen LogP contribution in [0.25, 0.3) is 16.2 Å². The Bertz CT molecular complexity index is 1290. The van der Waals surface area contributed by atoms with E-state index in [2.05, 4.69) is 4.74 Å². The van der Waals surface area contributed by atoms with Crippen molar-refractivity contribution in [3.8, 4) is 23.0 Å². The molecule has 1 N–H and O–H groups in total. The molecule has 0 saturated heterocycles. The molecule has 0 aliphatic carbocycles. The van der Waals surface area contributed by atoms with Crippen LogP contribution in [0.15, 0.2) is 73.0 Å². The molecule has 7 heteroatoms. The van der Waals surface area contributed by atoms with Crippen LogP contribution in [0, 0.1) is 0 Å². The summed E-state index contributed by atoms with van der Waals surface area (Å²) in [4.78, 5) is 23.9. The first-order valence-corrected chi connectivity index (χ1v) is 10.4. The van der Waals surface area contributed by atoms with E-state index < -0.39 is 0 Å². The molecule has 0 spiro atoms. The van der Waals surface area contributed by atoms with Gasteiger partial charge >= 0.3 is 0 Å². The molecule has 0 fully saturated rings. The van der Waals surface area contributed by atoms with Gasteiger partial charge in [0, 0.05) is 15.6 Å². The number of benzene rings is 3. The van der Waals surface area contributed by atoms with Gasteiger partial charge in [-0.15, -0.1) is 11.3 Å². The maximum atomic E-state index is 13.3. The summed E-state index contributed by atoms with van der Waals surface area (Å²) in [6, 6.07) is 18.8. The number of thiophene rings is 1. The summed E-state index contributed by atoms with van der Waals surface area (Å²) < 4.78 is 16.9. The Morgan fingerprint density at radius 2 is 1.69 bits per heavy atom. The van der Waals surface area contributed by atoms with E-state index >= 15 is 0 Å². The zero-order valence-corrected chi connectivity index (χ0v) is 17.8. The number of hydrogen-bond acceptors (Lipinski definition) is 7. The highest BCUT2D eigenvalue weighted by molar-refractivity contribution is 7.21. The molecule has 3 aromatic carbocycles. The van der Waals surface area contributed by atoms with Crippen LogP contribution < -0.4 is 9.47 Å². The molecule has 0 amide bonds. The number of methoxy groups -OCH3 is 1. The van der Waals surface area contributed by atoms with Crippen LogP contribution in [0.2, 0.25) is 0 Å². The van der Waals surface area contributed by atoms with Crippen LogP contribution in [0.1, 0.15) is 20.8 Å². The minimum Gasteiger partial charge on any atom is -0.508 e. The van der Waals surface area contributed by atoms with Gasteiger partial charge in [0.1, 0.15) is 22.1 Å². The van der Waals surface area contributed by atoms with Crippen molar-refractivity contribution in [1.29, 1.82) is 0 Å². The topological polar surface area (TPSA) is 82.1 Å². The van der Waals surface area contributed by atoms with E-state index in [9.17, 15) is 14.7 Å². The molecule has 32 heavy (non-hydrogen) atoms. The first-order valence-electron chi connectivity index (χ1n) is 9.57. The predicted molar refractivity (Wildman–Crippen MR) is 123 cm³/mol. The molecule has 0 saturated carbocycles. The van der Waals surface area contributed by atoms with Crippen molar-refractivity contribution >= 4 is 39.8 Å². The average Bonchev–Trinajstić information content (AvgIpc) is 3.17. The molecule has 6 nitrogen and oxygen atoms in total. The zero-order valence-electron chi connectivity index (χ0n) is 17.0. The Balaban J connectivity index is 1.73. The van der Waals surface area contributed by atoms with E-state index in [0.29, 0.717) is 34.2 Å². The van der Waals surface area contributed by atoms with Crippen molar-refractivity contribution in [3.05, 3.63) is 89.0 Å². The molecular formula is C25H18O6S. The van der Waals surface area contributed by atoms with Gasteiger partial charge in [-0.05, 0) is 66.2 Å². The van der Waals surface area contributed by atoms with Gasteiger partial charge in [-0.2, -0.15) is 0 Å². The third-order valence-electron chi connectivity index (χ3n) is 4.68. The summed E-state index contributed by atoms with van der Waals surface area (Å²) in [5, 5.41) is 10.3. The molecular weight excluding hydrogens is 428 g/mol. The fourth-order valence-corrected chi connectivity index (χ4v) is 4.21. The van der Waals surface area contributed by atoms with Gasteiger partial charge in [0.2, 0.25) is 5.78 Å². The van der Waals surface area contributed by atoms with Crippen molar-refractivity contribution < 1.29 is 28.9 Å². The SMILES string of the molecule is COc1ccc2c(Oc3ccc(/C=C/OC=O)cc3)c(C(=O)c3ccc(O)cc3)sc2c1. The number of rotatable bonds is 8. The van der Waals surface area contributed by atoms with Crippen LogP contribution in [-0.2, 0) is 9.53 Å². The van der Waals surface area contributed by atoms with Crippen molar-refractivity contribution in [2.75, 3.05) is 7.11 Å². The highest BCUT2D eigenvalue weighted by Gasteiger charge is 2.22. The molecule has 0 aliphatic rings. The molecule has 1 aromatic heterocycles. The van der Waals surface area contributed by atoms with E-state index in [-0.39, 0.29) is 11.5 Å². The second kappa shape index (κ2) is 9.36. The van der Waals surface area contributed by atoms with E-state index in [4.69, 9.17) is 9.47 Å². The summed E-state index contributed by atoms with van der Waals surface area (Å²) in [6.45, 7) is 0.345. The highest BCUT2D eigenvalue weighted by atomic mass is 32.1. The number of ketones is 1. The molecule has 0 unspecified atom stereocenters. The number of carbonyl (C=O) groups excluding carboxylic acids is 2. The lowest BCUT2D eigenvalue weighted by Crippen LogP contribution is -2.00. The Morgan fingerprint density at radius 3 is 2.38 bits per heavy atom. The Morgan fingerprint density at radius 1 is 0.969 bits per heavy atom. The van der Waals surface area contributed by atoms with Crippen LogP contribution in [0.5, 0.6) is 23.0 Å². The van der Waals surface area contributed by atoms with Gasteiger partial charge in [-0.1, -0.05) is 12.1 Å². The zero-order chi connectivity index (χ0) is 22.5. The first-order chi connectivity index (χ1) is 15.6. The van der Waals surface area contributed by atoms with Crippen molar-refractivity contribution in [3.63, 3.8) is 0 Å². The van der Waals surface area contributed by atoms with Gasteiger partial charge in [0.15, 0.2) is 5.75 Å². The number of carbonyl (C=O) groups is 2. The number of aromatic hydroxyl groups is 1. The van der Waals surface area contributed by atoms with E-state index in [1.807, 2.05) is 18.2 Å². The van der Waals surface area contributed by atoms with E-state index in [1.54, 1.807) is 49.6 Å². The van der Waals surface area contributed by atoms with E-state index in [1.165, 1.54) is 29.7 Å². The molecule has 1 heterocycles. The quantitative estimate of drug-likeness (QED) is 0.210. The van der Waals surface area contributed by atoms with Gasteiger partial charge in [0.05, 0.1) is 13.4 Å². The molecule has 160 valence electrons. The van der Waals surface area contributed by atoms with Crippen LogP contribution in [-0.4, -0.2) is 24.5 Å². The number of phenolic OH excluding ortho intramolecular Hbond substituents is 1. The smallest absolute Gasteiger partial charge is 0.297 e. The lowest BCUT2D eigenvalue weighted by atomic mass is 10.1. The minimum absolute atomic E-state index is 0.0896. The van der Waals surface area contributed by atoms with Gasteiger partial charge < -0.3 is 19.3 Å². The van der Waals surface area contributed by atoms with Gasteiger partial charge in [-0.25, -0.2) is 0 Å². The average molecular weight is 446 g/mol. The maximum Gasteiger partial charge on any atom is 0.297 e. The standard InChI is InChI=1S/C25H18O6S/c1-29-20-10-11-21-22(14-20)32-25(23(28)17-4-6-18(27)7-5-17)24(21)31-19-8-2-16(3-9-19)12-13-30-15-26/h2-15,27H,1H3/b13-12+. The summed E-state index contributed by atoms with van der Waals surface area (Å²) in [7, 11) is 1.59.